The minimum atomic E-state index is 0.550. The molecule has 0 bridgehead atoms. The van der Waals surface area contributed by atoms with Crippen molar-refractivity contribution in [3.8, 4) is 22.5 Å². The Morgan fingerprint density at radius 1 is 0.900 bits per heavy atom. The van der Waals surface area contributed by atoms with E-state index in [9.17, 15) is 0 Å². The van der Waals surface area contributed by atoms with Crippen molar-refractivity contribution in [1.29, 1.82) is 0 Å². The van der Waals surface area contributed by atoms with Crippen molar-refractivity contribution in [2.75, 3.05) is 19.0 Å². The van der Waals surface area contributed by atoms with E-state index in [0.29, 0.717) is 16.8 Å². The molecule has 0 N–H and O–H groups in total. The molecule has 3 aromatic heterocycles. The molecular weight excluding hydrogens is 394 g/mol. The zero-order valence-electron chi connectivity index (χ0n) is 17.0. The molecule has 0 atom stereocenters. The van der Waals surface area contributed by atoms with Gasteiger partial charge in [0.25, 0.3) is 0 Å². The Morgan fingerprint density at radius 3 is 2.47 bits per heavy atom. The molecular formula is C24H22ClN5. The van der Waals surface area contributed by atoms with E-state index in [4.69, 9.17) is 21.6 Å². The summed E-state index contributed by atoms with van der Waals surface area (Å²) in [6.07, 6.45) is 11.1. The van der Waals surface area contributed by atoms with E-state index < -0.39 is 0 Å². The molecule has 3 heterocycles. The van der Waals surface area contributed by atoms with Gasteiger partial charge in [0, 0.05) is 59.8 Å². The van der Waals surface area contributed by atoms with Crippen LogP contribution in [0.15, 0.2) is 55.1 Å². The molecule has 0 unspecified atom stereocenters. The molecule has 0 aliphatic heterocycles. The summed E-state index contributed by atoms with van der Waals surface area (Å²) in [5.41, 5.74) is 4.86. The highest BCUT2D eigenvalue weighted by Gasteiger charge is 2.25. The minimum Gasteiger partial charge on any atom is -0.362 e. The maximum absolute atomic E-state index is 6.49. The van der Waals surface area contributed by atoms with Gasteiger partial charge in [0.2, 0.25) is 0 Å². The summed E-state index contributed by atoms with van der Waals surface area (Å²) >= 11 is 6.49. The van der Waals surface area contributed by atoms with E-state index in [0.717, 1.165) is 33.4 Å². The van der Waals surface area contributed by atoms with Crippen LogP contribution in [0.1, 0.15) is 30.7 Å². The standard InChI is InChI=1S/C24H22ClN5/c1-30(2)24-22-18(15-6-5-7-15)12-27-14-21(22)28-23(29-24)17-10-11-26-13-19(17)16-8-3-4-9-20(16)25/h3-4,8-15H,5-7H2,1-2H3. The number of fused-ring (bicyclic) bond motifs is 1. The molecule has 0 saturated heterocycles. The maximum Gasteiger partial charge on any atom is 0.162 e. The minimum absolute atomic E-state index is 0.550. The fraction of sp³-hybridized carbons (Fsp3) is 0.250. The van der Waals surface area contributed by atoms with Crippen molar-refractivity contribution in [2.45, 2.75) is 25.2 Å². The van der Waals surface area contributed by atoms with Crippen LogP contribution in [0.2, 0.25) is 5.02 Å². The molecule has 1 aromatic carbocycles. The van der Waals surface area contributed by atoms with Crippen molar-refractivity contribution < 1.29 is 0 Å². The number of benzene rings is 1. The van der Waals surface area contributed by atoms with E-state index in [1.165, 1.54) is 24.8 Å². The fourth-order valence-electron chi connectivity index (χ4n) is 4.05. The van der Waals surface area contributed by atoms with Crippen LogP contribution in [-0.4, -0.2) is 34.0 Å². The lowest BCUT2D eigenvalue weighted by atomic mass is 9.79. The van der Waals surface area contributed by atoms with Crippen LogP contribution in [0, 0.1) is 0 Å². The summed E-state index contributed by atoms with van der Waals surface area (Å²) in [7, 11) is 4.05. The molecule has 0 radical (unpaired) electrons. The zero-order valence-corrected chi connectivity index (χ0v) is 17.8. The van der Waals surface area contributed by atoms with Gasteiger partial charge in [0.1, 0.15) is 5.82 Å². The number of rotatable bonds is 4. The highest BCUT2D eigenvalue weighted by atomic mass is 35.5. The third-order valence-electron chi connectivity index (χ3n) is 5.81. The van der Waals surface area contributed by atoms with Gasteiger partial charge < -0.3 is 4.90 Å². The summed E-state index contributed by atoms with van der Waals surface area (Å²) in [4.78, 5) is 20.8. The molecule has 0 amide bonds. The molecule has 6 heteroatoms. The lowest BCUT2D eigenvalue weighted by molar-refractivity contribution is 0.421. The number of anilines is 1. The average molecular weight is 416 g/mol. The van der Waals surface area contributed by atoms with Crippen LogP contribution in [0.5, 0.6) is 0 Å². The number of aromatic nitrogens is 4. The Balaban J connectivity index is 1.75. The normalized spacial score (nSPS) is 14.0. The summed E-state index contributed by atoms with van der Waals surface area (Å²) in [5, 5.41) is 1.78. The van der Waals surface area contributed by atoms with Crippen LogP contribution in [0.3, 0.4) is 0 Å². The second kappa shape index (κ2) is 7.65. The smallest absolute Gasteiger partial charge is 0.162 e. The molecule has 1 aliphatic rings. The molecule has 4 aromatic rings. The van der Waals surface area contributed by atoms with E-state index in [1.807, 2.05) is 63.0 Å². The third-order valence-corrected chi connectivity index (χ3v) is 6.14. The Bertz CT molecular complexity index is 1230. The van der Waals surface area contributed by atoms with Crippen LogP contribution in [0.25, 0.3) is 33.4 Å². The predicted molar refractivity (Wildman–Crippen MR) is 122 cm³/mol. The Hall–Kier alpha value is -3.05. The summed E-state index contributed by atoms with van der Waals surface area (Å²) in [5.74, 6) is 2.12. The van der Waals surface area contributed by atoms with E-state index >= 15 is 0 Å². The van der Waals surface area contributed by atoms with Crippen LogP contribution in [0.4, 0.5) is 5.82 Å². The SMILES string of the molecule is CN(C)c1nc(-c2ccncc2-c2ccccc2Cl)nc2cncc(C3CCC3)c12. The monoisotopic (exact) mass is 415 g/mol. The van der Waals surface area contributed by atoms with E-state index in [-0.39, 0.29) is 0 Å². The largest absolute Gasteiger partial charge is 0.362 e. The van der Waals surface area contributed by atoms with Gasteiger partial charge in [-0.1, -0.05) is 36.2 Å². The number of hydrogen-bond acceptors (Lipinski definition) is 5. The van der Waals surface area contributed by atoms with E-state index in [1.54, 1.807) is 6.20 Å². The molecule has 1 fully saturated rings. The first-order chi connectivity index (χ1) is 14.6. The van der Waals surface area contributed by atoms with Gasteiger partial charge in [-0.3, -0.25) is 9.97 Å². The molecule has 5 nitrogen and oxygen atoms in total. The lowest BCUT2D eigenvalue weighted by Gasteiger charge is -2.28. The molecule has 1 aliphatic carbocycles. The first kappa shape index (κ1) is 18.9. The predicted octanol–water partition coefficient (Wildman–Crippen LogP) is 5.74. The van der Waals surface area contributed by atoms with Crippen LogP contribution in [-0.2, 0) is 0 Å². The van der Waals surface area contributed by atoms with Gasteiger partial charge in [-0.05, 0) is 36.5 Å². The Kier molecular flexibility index (Phi) is 4.83. The van der Waals surface area contributed by atoms with Crippen LogP contribution < -0.4 is 4.90 Å². The van der Waals surface area contributed by atoms with Crippen molar-refractivity contribution in [2.24, 2.45) is 0 Å². The average Bonchev–Trinajstić information content (AvgIpc) is 2.72. The lowest BCUT2D eigenvalue weighted by Crippen LogP contribution is -2.16. The van der Waals surface area contributed by atoms with Crippen LogP contribution >= 0.6 is 11.6 Å². The van der Waals surface area contributed by atoms with Crippen molar-refractivity contribution in [3.63, 3.8) is 0 Å². The fourth-order valence-corrected chi connectivity index (χ4v) is 4.28. The number of nitrogens with zero attached hydrogens (tertiary/aromatic N) is 5. The van der Waals surface area contributed by atoms with Gasteiger partial charge in [-0.25, -0.2) is 9.97 Å². The summed E-state index contributed by atoms with van der Waals surface area (Å²) in [6, 6.07) is 9.72. The highest BCUT2D eigenvalue weighted by molar-refractivity contribution is 6.33. The number of pyridine rings is 2. The van der Waals surface area contributed by atoms with Gasteiger partial charge in [-0.2, -0.15) is 0 Å². The van der Waals surface area contributed by atoms with Gasteiger partial charge in [0.15, 0.2) is 5.82 Å². The quantitative estimate of drug-likeness (QED) is 0.425. The second-order valence-electron chi connectivity index (χ2n) is 7.92. The van der Waals surface area contributed by atoms with Crippen molar-refractivity contribution in [3.05, 3.63) is 65.7 Å². The summed E-state index contributed by atoms with van der Waals surface area (Å²) < 4.78 is 0. The van der Waals surface area contributed by atoms with Crippen molar-refractivity contribution in [1.82, 2.24) is 19.9 Å². The molecule has 0 spiro atoms. The molecule has 150 valence electrons. The van der Waals surface area contributed by atoms with Gasteiger partial charge >= 0.3 is 0 Å². The zero-order chi connectivity index (χ0) is 20.7. The number of hydrogen-bond donors (Lipinski definition) is 0. The summed E-state index contributed by atoms with van der Waals surface area (Å²) in [6.45, 7) is 0. The number of halogens is 1. The Labute approximate surface area is 180 Å². The Morgan fingerprint density at radius 2 is 1.73 bits per heavy atom. The topological polar surface area (TPSA) is 54.8 Å². The third kappa shape index (κ3) is 3.19. The van der Waals surface area contributed by atoms with Gasteiger partial charge in [-0.15, -0.1) is 0 Å². The maximum atomic E-state index is 6.49. The van der Waals surface area contributed by atoms with Gasteiger partial charge in [0.05, 0.1) is 11.7 Å². The molecule has 1 saturated carbocycles. The first-order valence-corrected chi connectivity index (χ1v) is 10.5. The first-order valence-electron chi connectivity index (χ1n) is 10.2. The highest BCUT2D eigenvalue weighted by Crippen LogP contribution is 2.42. The van der Waals surface area contributed by atoms with Crippen molar-refractivity contribution >= 4 is 28.3 Å². The second-order valence-corrected chi connectivity index (χ2v) is 8.32. The molecule has 5 rings (SSSR count). The van der Waals surface area contributed by atoms with E-state index in [2.05, 4.69) is 14.9 Å². The molecule has 30 heavy (non-hydrogen) atoms.